The van der Waals surface area contributed by atoms with Gasteiger partial charge in [-0.25, -0.2) is 0 Å². The molecule has 0 spiro atoms. The van der Waals surface area contributed by atoms with Gasteiger partial charge in [0, 0.05) is 10.5 Å². The predicted molar refractivity (Wildman–Crippen MR) is 66.9 cm³/mol. The van der Waals surface area contributed by atoms with E-state index in [0.717, 1.165) is 16.0 Å². The van der Waals surface area contributed by atoms with E-state index in [0.29, 0.717) is 0 Å². The number of aromatic hydroxyl groups is 2. The first kappa shape index (κ1) is 9.93. The van der Waals surface area contributed by atoms with Gasteiger partial charge in [-0.1, -0.05) is 29.0 Å². The third-order valence-electron chi connectivity index (χ3n) is 2.50. The molecule has 0 aromatic heterocycles. The molecule has 2 nitrogen and oxygen atoms in total. The molecule has 0 bridgehead atoms. The van der Waals surface area contributed by atoms with Crippen molar-refractivity contribution >= 4 is 21.6 Å². The molecule has 0 aliphatic carbocycles. The second-order valence-corrected chi connectivity index (χ2v) is 5.65. The molecule has 2 aromatic carbocycles. The van der Waals surface area contributed by atoms with Crippen LogP contribution in [-0.2, 0) is 0 Å². The molecule has 1 aliphatic heterocycles. The molecule has 0 radical (unpaired) electrons. The second-order valence-electron chi connectivity index (χ2n) is 3.47. The van der Waals surface area contributed by atoms with Crippen LogP contribution >= 0.6 is 21.6 Å². The number of phenolic OH excluding ortho intramolecular Hbond substituents is 2. The van der Waals surface area contributed by atoms with Gasteiger partial charge in [-0.15, -0.1) is 0 Å². The number of hydrogen-bond acceptors (Lipinski definition) is 4. The average Bonchev–Trinajstić information content (AvgIpc) is 2.33. The maximum absolute atomic E-state index is 9.78. The third kappa shape index (κ3) is 1.37. The van der Waals surface area contributed by atoms with Crippen molar-refractivity contribution in [3.63, 3.8) is 0 Å². The summed E-state index contributed by atoms with van der Waals surface area (Å²) < 4.78 is 0. The van der Waals surface area contributed by atoms with Crippen LogP contribution < -0.4 is 0 Å². The topological polar surface area (TPSA) is 40.5 Å². The molecule has 0 unspecified atom stereocenters. The van der Waals surface area contributed by atoms with Crippen molar-refractivity contribution in [1.82, 2.24) is 0 Å². The Labute approximate surface area is 101 Å². The SMILES string of the molecule is Oc1ccc2c(c1O)SSc1ccccc1-2. The zero-order valence-electron chi connectivity index (χ0n) is 8.18. The molecule has 1 aliphatic rings. The predicted octanol–water partition coefficient (Wildman–Crippen LogP) is 3.88. The van der Waals surface area contributed by atoms with Crippen molar-refractivity contribution in [1.29, 1.82) is 0 Å². The van der Waals surface area contributed by atoms with Crippen LogP contribution in [0.5, 0.6) is 11.5 Å². The Bertz CT molecular complexity index is 567. The van der Waals surface area contributed by atoms with Crippen molar-refractivity contribution in [3.05, 3.63) is 36.4 Å². The minimum atomic E-state index is -0.0637. The van der Waals surface area contributed by atoms with E-state index in [1.165, 1.54) is 21.8 Å². The van der Waals surface area contributed by atoms with E-state index < -0.39 is 0 Å². The Balaban J connectivity index is 2.30. The van der Waals surface area contributed by atoms with Gasteiger partial charge in [0.2, 0.25) is 0 Å². The fourth-order valence-corrected chi connectivity index (χ4v) is 4.19. The fourth-order valence-electron chi connectivity index (χ4n) is 1.71. The van der Waals surface area contributed by atoms with Crippen LogP contribution in [0.1, 0.15) is 0 Å². The number of fused-ring (bicyclic) bond motifs is 3. The lowest BCUT2D eigenvalue weighted by molar-refractivity contribution is 0.395. The van der Waals surface area contributed by atoms with Gasteiger partial charge in [0.1, 0.15) is 0 Å². The van der Waals surface area contributed by atoms with Gasteiger partial charge in [0.25, 0.3) is 0 Å². The second kappa shape index (κ2) is 3.64. The van der Waals surface area contributed by atoms with Crippen LogP contribution in [0.4, 0.5) is 0 Å². The fraction of sp³-hybridized carbons (Fsp3) is 0. The van der Waals surface area contributed by atoms with Gasteiger partial charge >= 0.3 is 0 Å². The van der Waals surface area contributed by atoms with Gasteiger partial charge in [0.05, 0.1) is 4.90 Å². The van der Waals surface area contributed by atoms with Gasteiger partial charge in [0.15, 0.2) is 11.5 Å². The van der Waals surface area contributed by atoms with Crippen LogP contribution in [0, 0.1) is 0 Å². The van der Waals surface area contributed by atoms with Crippen molar-refractivity contribution in [2.24, 2.45) is 0 Å². The molecule has 3 rings (SSSR count). The molecule has 2 aromatic rings. The Morgan fingerprint density at radius 2 is 1.62 bits per heavy atom. The van der Waals surface area contributed by atoms with Gasteiger partial charge < -0.3 is 10.2 Å². The highest BCUT2D eigenvalue weighted by Gasteiger charge is 2.21. The molecule has 0 atom stereocenters. The zero-order valence-corrected chi connectivity index (χ0v) is 9.81. The van der Waals surface area contributed by atoms with Crippen LogP contribution in [0.3, 0.4) is 0 Å². The smallest absolute Gasteiger partial charge is 0.172 e. The van der Waals surface area contributed by atoms with E-state index in [4.69, 9.17) is 0 Å². The van der Waals surface area contributed by atoms with E-state index in [9.17, 15) is 10.2 Å². The molecular weight excluding hydrogens is 240 g/mol. The third-order valence-corrected chi connectivity index (χ3v) is 4.99. The molecule has 4 heteroatoms. The highest BCUT2D eigenvalue weighted by atomic mass is 33.1. The van der Waals surface area contributed by atoms with Gasteiger partial charge in [-0.05, 0) is 34.6 Å². The number of benzene rings is 2. The minimum Gasteiger partial charge on any atom is -0.504 e. The number of hydrogen-bond donors (Lipinski definition) is 2. The molecule has 16 heavy (non-hydrogen) atoms. The number of rotatable bonds is 0. The minimum absolute atomic E-state index is 0.0236. The highest BCUT2D eigenvalue weighted by molar-refractivity contribution is 8.76. The summed E-state index contributed by atoms with van der Waals surface area (Å²) in [6, 6.07) is 11.4. The first-order valence-electron chi connectivity index (χ1n) is 4.76. The molecule has 0 saturated heterocycles. The largest absolute Gasteiger partial charge is 0.504 e. The first-order chi connectivity index (χ1) is 7.77. The zero-order chi connectivity index (χ0) is 11.1. The maximum atomic E-state index is 9.78. The van der Waals surface area contributed by atoms with Crippen LogP contribution in [0.25, 0.3) is 11.1 Å². The lowest BCUT2D eigenvalue weighted by atomic mass is 10.0. The van der Waals surface area contributed by atoms with Crippen LogP contribution in [0.2, 0.25) is 0 Å². The summed E-state index contributed by atoms with van der Waals surface area (Å²) in [6.45, 7) is 0. The maximum Gasteiger partial charge on any atom is 0.172 e. The van der Waals surface area contributed by atoms with E-state index in [2.05, 4.69) is 6.07 Å². The molecule has 2 N–H and O–H groups in total. The van der Waals surface area contributed by atoms with Crippen molar-refractivity contribution in [3.8, 4) is 22.6 Å². The van der Waals surface area contributed by atoms with E-state index in [-0.39, 0.29) is 11.5 Å². The summed E-state index contributed by atoms with van der Waals surface area (Å²) in [6.07, 6.45) is 0. The van der Waals surface area contributed by atoms with Gasteiger partial charge in [-0.3, -0.25) is 0 Å². The van der Waals surface area contributed by atoms with E-state index in [1.807, 2.05) is 24.3 Å². The van der Waals surface area contributed by atoms with Crippen LogP contribution in [0.15, 0.2) is 46.2 Å². The lowest BCUT2D eigenvalue weighted by Crippen LogP contribution is -1.89. The Kier molecular flexibility index (Phi) is 2.26. The Morgan fingerprint density at radius 3 is 2.50 bits per heavy atom. The summed E-state index contributed by atoms with van der Waals surface area (Å²) in [4.78, 5) is 1.92. The molecule has 0 saturated carbocycles. The summed E-state index contributed by atoms with van der Waals surface area (Å²) in [5.41, 5.74) is 2.09. The Hall–Kier alpha value is -1.26. The van der Waals surface area contributed by atoms with Crippen molar-refractivity contribution in [2.75, 3.05) is 0 Å². The molecule has 1 heterocycles. The summed E-state index contributed by atoms with van der Waals surface area (Å²) in [5, 5.41) is 19.2. The molecular formula is C12H8O2S2. The van der Waals surface area contributed by atoms with Crippen molar-refractivity contribution in [2.45, 2.75) is 9.79 Å². The first-order valence-corrected chi connectivity index (χ1v) is 6.91. The standard InChI is InChI=1S/C12H8O2S2/c13-9-6-5-8-7-3-1-2-4-10(7)15-16-12(8)11(9)14/h1-6,13-14H. The van der Waals surface area contributed by atoms with Crippen molar-refractivity contribution < 1.29 is 10.2 Å². The van der Waals surface area contributed by atoms with E-state index >= 15 is 0 Å². The Morgan fingerprint density at radius 1 is 0.812 bits per heavy atom. The quantitative estimate of drug-likeness (QED) is 0.548. The molecule has 0 fully saturated rings. The highest BCUT2D eigenvalue weighted by Crippen LogP contribution is 2.55. The molecule has 0 amide bonds. The molecule has 80 valence electrons. The van der Waals surface area contributed by atoms with Crippen LogP contribution in [-0.4, -0.2) is 10.2 Å². The average molecular weight is 248 g/mol. The van der Waals surface area contributed by atoms with Gasteiger partial charge in [-0.2, -0.15) is 0 Å². The summed E-state index contributed by atoms with van der Waals surface area (Å²) >= 11 is 0. The summed E-state index contributed by atoms with van der Waals surface area (Å²) in [7, 11) is 3.08. The number of phenols is 2. The normalized spacial score (nSPS) is 13.0. The summed E-state index contributed by atoms with van der Waals surface area (Å²) in [5.74, 6) is -0.0873. The van der Waals surface area contributed by atoms with E-state index in [1.54, 1.807) is 10.8 Å². The monoisotopic (exact) mass is 248 g/mol. The lowest BCUT2D eigenvalue weighted by Gasteiger charge is -2.19.